The summed E-state index contributed by atoms with van der Waals surface area (Å²) in [6.45, 7) is 2.02. The van der Waals surface area contributed by atoms with Crippen molar-refractivity contribution < 1.29 is 19.4 Å². The first-order valence-electron chi connectivity index (χ1n) is 10.2. The number of aliphatic hydroxyl groups is 1. The minimum Gasteiger partial charge on any atom is -0.507 e. The van der Waals surface area contributed by atoms with E-state index in [1.807, 2.05) is 25.1 Å². The van der Waals surface area contributed by atoms with Crippen LogP contribution in [0.2, 0.25) is 5.02 Å². The van der Waals surface area contributed by atoms with Gasteiger partial charge >= 0.3 is 0 Å². The Hall–Kier alpha value is -3.09. The first kappa shape index (κ1) is 23.1. The van der Waals surface area contributed by atoms with Gasteiger partial charge in [0.15, 0.2) is 0 Å². The average molecular weight is 527 g/mol. The summed E-state index contributed by atoms with van der Waals surface area (Å²) in [6, 6.07) is 18.7. The van der Waals surface area contributed by atoms with Crippen molar-refractivity contribution in [3.63, 3.8) is 0 Å². The largest absolute Gasteiger partial charge is 0.507 e. The van der Waals surface area contributed by atoms with Crippen LogP contribution in [0, 0.1) is 6.92 Å². The maximum atomic E-state index is 13.2. The molecule has 0 spiro atoms. The van der Waals surface area contributed by atoms with Gasteiger partial charge in [-0.2, -0.15) is 0 Å². The van der Waals surface area contributed by atoms with Gasteiger partial charge in [0.25, 0.3) is 11.7 Å². The highest BCUT2D eigenvalue weighted by atomic mass is 79.9. The fourth-order valence-corrected chi connectivity index (χ4v) is 4.37. The van der Waals surface area contributed by atoms with E-state index in [1.165, 1.54) is 4.90 Å². The Bertz CT molecular complexity index is 1270. The van der Waals surface area contributed by atoms with Gasteiger partial charge in [0.1, 0.15) is 11.5 Å². The number of Topliss-reactive ketones (excluding diaryl/α,β-unsaturated/α-hetero) is 1. The number of ether oxygens (including phenoxy) is 1. The monoisotopic (exact) mass is 525 g/mol. The van der Waals surface area contributed by atoms with Crippen molar-refractivity contribution in [2.45, 2.75) is 19.5 Å². The minimum atomic E-state index is -0.781. The molecule has 168 valence electrons. The zero-order valence-corrected chi connectivity index (χ0v) is 20.4. The van der Waals surface area contributed by atoms with Crippen LogP contribution in [0.5, 0.6) is 5.75 Å². The number of carbonyl (C=O) groups excluding carboxylic acids is 2. The molecule has 0 saturated carbocycles. The standard InChI is InChI=1S/C26H21BrClNO4/c1-15-13-17(9-12-20(15)27)24(30)22-23(16-7-10-19(28)11-8-16)29(26(32)25(22)31)14-18-5-3-4-6-21(18)33-2/h3-13,23,30H,14H2,1-2H3/b24-22-. The van der Waals surface area contributed by atoms with E-state index < -0.39 is 17.7 Å². The topological polar surface area (TPSA) is 66.8 Å². The molecule has 1 heterocycles. The lowest BCUT2D eigenvalue weighted by Gasteiger charge is -2.26. The molecule has 3 aromatic rings. The zero-order chi connectivity index (χ0) is 23.7. The number of hydrogen-bond acceptors (Lipinski definition) is 4. The lowest BCUT2D eigenvalue weighted by atomic mass is 9.94. The number of halogens is 2. The molecule has 1 unspecified atom stereocenters. The van der Waals surface area contributed by atoms with Gasteiger partial charge in [-0.3, -0.25) is 9.59 Å². The molecular formula is C26H21BrClNO4. The first-order chi connectivity index (χ1) is 15.8. The van der Waals surface area contributed by atoms with Crippen LogP contribution in [-0.2, 0) is 16.1 Å². The summed E-state index contributed by atoms with van der Waals surface area (Å²) in [5.74, 6) is -1.02. The molecule has 7 heteroatoms. The number of nitrogens with zero attached hydrogens (tertiary/aromatic N) is 1. The molecule has 0 bridgehead atoms. The molecule has 1 aliphatic rings. The number of hydrogen-bond donors (Lipinski definition) is 1. The van der Waals surface area contributed by atoms with E-state index in [9.17, 15) is 14.7 Å². The number of benzene rings is 3. The molecular weight excluding hydrogens is 506 g/mol. The number of amides is 1. The summed E-state index contributed by atoms with van der Waals surface area (Å²) in [5.41, 5.74) is 2.82. The van der Waals surface area contributed by atoms with Crippen LogP contribution >= 0.6 is 27.5 Å². The van der Waals surface area contributed by atoms with Crippen LogP contribution in [0.3, 0.4) is 0 Å². The fraction of sp³-hybridized carbons (Fsp3) is 0.154. The molecule has 1 amide bonds. The lowest BCUT2D eigenvalue weighted by molar-refractivity contribution is -0.140. The number of ketones is 1. The van der Waals surface area contributed by atoms with Gasteiger partial charge in [-0.25, -0.2) is 0 Å². The van der Waals surface area contributed by atoms with Gasteiger partial charge < -0.3 is 14.7 Å². The Kier molecular flexibility index (Phi) is 6.58. The van der Waals surface area contributed by atoms with Crippen LogP contribution in [0.4, 0.5) is 0 Å². The predicted molar refractivity (Wildman–Crippen MR) is 131 cm³/mol. The zero-order valence-electron chi connectivity index (χ0n) is 18.0. The van der Waals surface area contributed by atoms with Crippen LogP contribution in [0.25, 0.3) is 5.76 Å². The van der Waals surface area contributed by atoms with E-state index in [1.54, 1.807) is 55.6 Å². The molecule has 1 N–H and O–H groups in total. The van der Waals surface area contributed by atoms with Crippen molar-refractivity contribution in [2.75, 3.05) is 7.11 Å². The van der Waals surface area contributed by atoms with Crippen LogP contribution in [-0.4, -0.2) is 28.8 Å². The third kappa shape index (κ3) is 4.41. The van der Waals surface area contributed by atoms with E-state index in [4.69, 9.17) is 16.3 Å². The summed E-state index contributed by atoms with van der Waals surface area (Å²) >= 11 is 9.53. The van der Waals surface area contributed by atoms with Gasteiger partial charge in [-0.05, 0) is 48.4 Å². The number of aliphatic hydroxyl groups excluding tert-OH is 1. The highest BCUT2D eigenvalue weighted by molar-refractivity contribution is 9.10. The Balaban J connectivity index is 1.88. The van der Waals surface area contributed by atoms with E-state index >= 15 is 0 Å². The van der Waals surface area contributed by atoms with Crippen LogP contribution < -0.4 is 4.74 Å². The van der Waals surface area contributed by atoms with Crippen LogP contribution in [0.1, 0.15) is 28.3 Å². The third-order valence-corrected chi connectivity index (χ3v) is 6.83. The predicted octanol–water partition coefficient (Wildman–Crippen LogP) is 6.04. The molecule has 1 atom stereocenters. The van der Waals surface area contributed by atoms with Gasteiger partial charge in [-0.15, -0.1) is 0 Å². The normalized spacial score (nSPS) is 17.5. The second kappa shape index (κ2) is 9.41. The number of methoxy groups -OCH3 is 1. The summed E-state index contributed by atoms with van der Waals surface area (Å²) < 4.78 is 6.32. The number of carbonyl (C=O) groups is 2. The van der Waals surface area contributed by atoms with Crippen LogP contribution in [0.15, 0.2) is 76.8 Å². The second-order valence-corrected chi connectivity index (χ2v) is 9.05. The first-order valence-corrected chi connectivity index (χ1v) is 11.4. The molecule has 1 saturated heterocycles. The smallest absolute Gasteiger partial charge is 0.295 e. The van der Waals surface area contributed by atoms with Crippen molar-refractivity contribution >= 4 is 45.0 Å². The van der Waals surface area contributed by atoms with Gasteiger partial charge in [-0.1, -0.05) is 63.9 Å². The summed E-state index contributed by atoms with van der Waals surface area (Å²) in [6.07, 6.45) is 0. The SMILES string of the molecule is COc1ccccc1CN1C(=O)C(=O)/C(=C(\O)c2ccc(Br)c(C)c2)C1c1ccc(Cl)cc1. The summed E-state index contributed by atoms with van der Waals surface area (Å²) in [5, 5.41) is 11.7. The Morgan fingerprint density at radius 2 is 1.79 bits per heavy atom. The Labute approximate surface area is 205 Å². The van der Waals surface area contributed by atoms with E-state index in [-0.39, 0.29) is 17.9 Å². The number of aryl methyl sites for hydroxylation is 1. The number of likely N-dealkylation sites (tertiary alicyclic amines) is 1. The van der Waals surface area contributed by atoms with E-state index in [2.05, 4.69) is 15.9 Å². The van der Waals surface area contributed by atoms with Gasteiger partial charge in [0.2, 0.25) is 0 Å². The third-order valence-electron chi connectivity index (χ3n) is 5.69. The van der Waals surface area contributed by atoms with Gasteiger partial charge in [0.05, 0.1) is 25.3 Å². The summed E-state index contributed by atoms with van der Waals surface area (Å²) in [4.78, 5) is 27.8. The van der Waals surface area contributed by atoms with Gasteiger partial charge in [0, 0.05) is 20.6 Å². The van der Waals surface area contributed by atoms with E-state index in [0.717, 1.165) is 15.6 Å². The van der Waals surface area contributed by atoms with Crippen molar-refractivity contribution in [1.82, 2.24) is 4.90 Å². The lowest BCUT2D eigenvalue weighted by Crippen LogP contribution is -2.29. The fourth-order valence-electron chi connectivity index (χ4n) is 4.00. The summed E-state index contributed by atoms with van der Waals surface area (Å²) in [7, 11) is 1.56. The molecule has 5 nitrogen and oxygen atoms in total. The molecule has 0 radical (unpaired) electrons. The van der Waals surface area contributed by atoms with Crippen molar-refractivity contribution in [1.29, 1.82) is 0 Å². The molecule has 0 aromatic heterocycles. The molecule has 1 aliphatic heterocycles. The highest BCUT2D eigenvalue weighted by Gasteiger charge is 2.46. The highest BCUT2D eigenvalue weighted by Crippen LogP contribution is 2.41. The number of para-hydroxylation sites is 1. The van der Waals surface area contributed by atoms with Crippen molar-refractivity contribution in [3.05, 3.63) is 104 Å². The minimum absolute atomic E-state index is 0.0407. The molecule has 33 heavy (non-hydrogen) atoms. The second-order valence-electron chi connectivity index (χ2n) is 7.75. The van der Waals surface area contributed by atoms with Crippen molar-refractivity contribution in [3.8, 4) is 5.75 Å². The molecule has 3 aromatic carbocycles. The van der Waals surface area contributed by atoms with Crippen molar-refractivity contribution in [2.24, 2.45) is 0 Å². The van der Waals surface area contributed by atoms with E-state index in [0.29, 0.717) is 21.9 Å². The molecule has 1 fully saturated rings. The molecule has 4 rings (SSSR count). The molecule has 0 aliphatic carbocycles. The quantitative estimate of drug-likeness (QED) is 0.250. The Morgan fingerprint density at radius 3 is 2.45 bits per heavy atom. The number of rotatable bonds is 5. The maximum absolute atomic E-state index is 13.2. The maximum Gasteiger partial charge on any atom is 0.295 e. The Morgan fingerprint density at radius 1 is 1.09 bits per heavy atom. The average Bonchev–Trinajstić information content (AvgIpc) is 3.06.